The summed E-state index contributed by atoms with van der Waals surface area (Å²) in [6.45, 7) is 7.20. The highest BCUT2D eigenvalue weighted by atomic mass is 16.5. The number of hydrogen-bond acceptors (Lipinski definition) is 5. The number of benzene rings is 1. The van der Waals surface area contributed by atoms with Gasteiger partial charge in [-0.1, -0.05) is 18.2 Å². The highest BCUT2D eigenvalue weighted by Gasteiger charge is 2.07. The lowest BCUT2D eigenvalue weighted by atomic mass is 10.2. The molecule has 0 radical (unpaired) electrons. The van der Waals surface area contributed by atoms with Gasteiger partial charge in [0.2, 0.25) is 0 Å². The van der Waals surface area contributed by atoms with E-state index in [1.807, 2.05) is 51.1 Å². The molecule has 3 aromatic rings. The second-order valence-corrected chi connectivity index (χ2v) is 5.50. The molecule has 0 fully saturated rings. The summed E-state index contributed by atoms with van der Waals surface area (Å²) in [5.41, 5.74) is 3.07. The third-order valence-electron chi connectivity index (χ3n) is 3.58. The number of rotatable bonds is 6. The highest BCUT2D eigenvalue weighted by molar-refractivity contribution is 5.40. The van der Waals surface area contributed by atoms with Gasteiger partial charge < -0.3 is 10.1 Å². The molecule has 1 aromatic carbocycles. The average molecular weight is 323 g/mol. The van der Waals surface area contributed by atoms with Crippen LogP contribution in [0.15, 0.2) is 42.7 Å². The third kappa shape index (κ3) is 3.53. The standard InChI is InChI=1S/C18H21N5O/c1-4-24-16-8-6-5-7-15(16)10-20-17-11-19-12-18(21-17)23-14(3)9-13(2)22-23/h5-9,11-12H,4,10H2,1-3H3,(H,20,21). The van der Waals surface area contributed by atoms with Gasteiger partial charge in [0.15, 0.2) is 5.82 Å². The number of aryl methyl sites for hydroxylation is 2. The summed E-state index contributed by atoms with van der Waals surface area (Å²) in [6.07, 6.45) is 3.41. The molecule has 6 heteroatoms. The zero-order valence-electron chi connectivity index (χ0n) is 14.2. The van der Waals surface area contributed by atoms with Crippen LogP contribution in [0.4, 0.5) is 5.82 Å². The number of para-hydroxylation sites is 1. The zero-order chi connectivity index (χ0) is 16.9. The molecule has 0 aliphatic rings. The monoisotopic (exact) mass is 323 g/mol. The van der Waals surface area contributed by atoms with Crippen LogP contribution in [0.5, 0.6) is 5.75 Å². The van der Waals surface area contributed by atoms with Crippen molar-refractivity contribution in [3.63, 3.8) is 0 Å². The van der Waals surface area contributed by atoms with Gasteiger partial charge in [-0.15, -0.1) is 0 Å². The molecule has 6 nitrogen and oxygen atoms in total. The Morgan fingerprint density at radius 3 is 2.75 bits per heavy atom. The predicted molar refractivity (Wildman–Crippen MR) is 93.6 cm³/mol. The van der Waals surface area contributed by atoms with E-state index in [9.17, 15) is 0 Å². The van der Waals surface area contributed by atoms with E-state index in [1.54, 1.807) is 17.1 Å². The lowest BCUT2D eigenvalue weighted by Gasteiger charge is -2.11. The predicted octanol–water partition coefficient (Wildman–Crippen LogP) is 3.29. The first-order valence-electron chi connectivity index (χ1n) is 7.97. The molecule has 24 heavy (non-hydrogen) atoms. The lowest BCUT2D eigenvalue weighted by molar-refractivity contribution is 0.337. The van der Waals surface area contributed by atoms with Crippen LogP contribution >= 0.6 is 0 Å². The minimum atomic E-state index is 0.616. The molecular formula is C18H21N5O. The fourth-order valence-corrected chi connectivity index (χ4v) is 2.54. The smallest absolute Gasteiger partial charge is 0.174 e. The van der Waals surface area contributed by atoms with Gasteiger partial charge in [-0.3, -0.25) is 4.98 Å². The van der Waals surface area contributed by atoms with Gasteiger partial charge in [-0.05, 0) is 32.9 Å². The molecule has 0 atom stereocenters. The molecule has 0 unspecified atom stereocenters. The maximum Gasteiger partial charge on any atom is 0.174 e. The molecule has 124 valence electrons. The van der Waals surface area contributed by atoms with Crippen LogP contribution in [0.1, 0.15) is 23.9 Å². The van der Waals surface area contributed by atoms with Crippen molar-refractivity contribution in [1.82, 2.24) is 19.7 Å². The van der Waals surface area contributed by atoms with Gasteiger partial charge >= 0.3 is 0 Å². The van der Waals surface area contributed by atoms with Crippen LogP contribution in [-0.2, 0) is 6.54 Å². The Morgan fingerprint density at radius 2 is 2.00 bits per heavy atom. The average Bonchev–Trinajstić information content (AvgIpc) is 2.93. The maximum atomic E-state index is 5.65. The normalized spacial score (nSPS) is 10.6. The first kappa shape index (κ1) is 16.0. The number of anilines is 1. The number of aromatic nitrogens is 4. The van der Waals surface area contributed by atoms with Crippen molar-refractivity contribution in [2.24, 2.45) is 0 Å². The van der Waals surface area contributed by atoms with Crippen molar-refractivity contribution in [2.45, 2.75) is 27.3 Å². The van der Waals surface area contributed by atoms with Crippen molar-refractivity contribution in [2.75, 3.05) is 11.9 Å². The largest absolute Gasteiger partial charge is 0.494 e. The summed E-state index contributed by atoms with van der Waals surface area (Å²) < 4.78 is 7.44. The summed E-state index contributed by atoms with van der Waals surface area (Å²) >= 11 is 0. The second-order valence-electron chi connectivity index (χ2n) is 5.50. The Bertz CT molecular complexity index is 828. The van der Waals surface area contributed by atoms with Crippen LogP contribution in [0.3, 0.4) is 0 Å². The van der Waals surface area contributed by atoms with E-state index in [2.05, 4.69) is 20.4 Å². The Labute approximate surface area is 141 Å². The quantitative estimate of drug-likeness (QED) is 0.754. The fourth-order valence-electron chi connectivity index (χ4n) is 2.54. The van der Waals surface area contributed by atoms with E-state index >= 15 is 0 Å². The fraction of sp³-hybridized carbons (Fsp3) is 0.278. The number of hydrogen-bond donors (Lipinski definition) is 1. The van der Waals surface area contributed by atoms with Gasteiger partial charge in [0, 0.05) is 17.8 Å². The molecule has 0 spiro atoms. The van der Waals surface area contributed by atoms with E-state index in [1.165, 1.54) is 0 Å². The summed E-state index contributed by atoms with van der Waals surface area (Å²) in [5.74, 6) is 2.28. The van der Waals surface area contributed by atoms with Crippen molar-refractivity contribution in [1.29, 1.82) is 0 Å². The van der Waals surface area contributed by atoms with Gasteiger partial charge in [-0.25, -0.2) is 9.67 Å². The van der Waals surface area contributed by atoms with E-state index in [0.717, 1.165) is 22.7 Å². The molecule has 3 rings (SSSR count). The molecule has 0 saturated heterocycles. The van der Waals surface area contributed by atoms with Crippen LogP contribution in [0.2, 0.25) is 0 Å². The van der Waals surface area contributed by atoms with Crippen LogP contribution in [-0.4, -0.2) is 26.4 Å². The van der Waals surface area contributed by atoms with Crippen molar-refractivity contribution in [3.8, 4) is 11.6 Å². The minimum absolute atomic E-state index is 0.616. The molecule has 2 heterocycles. The second kappa shape index (κ2) is 7.12. The number of ether oxygens (including phenoxy) is 1. The first-order chi connectivity index (χ1) is 11.7. The molecule has 1 N–H and O–H groups in total. The minimum Gasteiger partial charge on any atom is -0.494 e. The lowest BCUT2D eigenvalue weighted by Crippen LogP contribution is -2.08. The van der Waals surface area contributed by atoms with Crippen LogP contribution < -0.4 is 10.1 Å². The number of nitrogens with zero attached hydrogens (tertiary/aromatic N) is 4. The first-order valence-corrected chi connectivity index (χ1v) is 7.97. The van der Waals surface area contributed by atoms with Crippen LogP contribution in [0.25, 0.3) is 5.82 Å². The molecule has 0 aliphatic carbocycles. The van der Waals surface area contributed by atoms with E-state index < -0.39 is 0 Å². The van der Waals surface area contributed by atoms with E-state index in [4.69, 9.17) is 4.74 Å². The number of nitrogens with one attached hydrogen (secondary N) is 1. The van der Waals surface area contributed by atoms with Gasteiger partial charge in [-0.2, -0.15) is 5.10 Å². The van der Waals surface area contributed by atoms with Crippen molar-refractivity contribution in [3.05, 3.63) is 59.7 Å². The molecule has 0 bridgehead atoms. The van der Waals surface area contributed by atoms with Crippen molar-refractivity contribution >= 4 is 5.82 Å². The Hall–Kier alpha value is -2.89. The van der Waals surface area contributed by atoms with E-state index in [0.29, 0.717) is 24.8 Å². The van der Waals surface area contributed by atoms with Gasteiger partial charge in [0.05, 0.1) is 24.7 Å². The molecule has 0 amide bonds. The zero-order valence-corrected chi connectivity index (χ0v) is 14.2. The third-order valence-corrected chi connectivity index (χ3v) is 3.58. The molecule has 2 aromatic heterocycles. The maximum absolute atomic E-state index is 5.65. The summed E-state index contributed by atoms with van der Waals surface area (Å²) in [7, 11) is 0. The Kier molecular flexibility index (Phi) is 4.74. The molecular weight excluding hydrogens is 302 g/mol. The Balaban J connectivity index is 1.77. The summed E-state index contributed by atoms with van der Waals surface area (Å²) in [6, 6.07) is 9.99. The topological polar surface area (TPSA) is 64.9 Å². The Morgan fingerprint density at radius 1 is 1.17 bits per heavy atom. The SMILES string of the molecule is CCOc1ccccc1CNc1cncc(-n2nc(C)cc2C)n1. The van der Waals surface area contributed by atoms with Crippen molar-refractivity contribution < 1.29 is 4.74 Å². The summed E-state index contributed by atoms with van der Waals surface area (Å²) in [4.78, 5) is 8.86. The molecule has 0 aliphatic heterocycles. The van der Waals surface area contributed by atoms with Gasteiger partial charge in [0.1, 0.15) is 11.6 Å². The van der Waals surface area contributed by atoms with E-state index in [-0.39, 0.29) is 0 Å². The highest BCUT2D eigenvalue weighted by Crippen LogP contribution is 2.19. The molecule has 0 saturated carbocycles. The van der Waals surface area contributed by atoms with Gasteiger partial charge in [0.25, 0.3) is 0 Å². The summed E-state index contributed by atoms with van der Waals surface area (Å²) in [5, 5.41) is 7.75. The van der Waals surface area contributed by atoms with Crippen LogP contribution in [0, 0.1) is 13.8 Å².